The zero-order valence-corrected chi connectivity index (χ0v) is 13.7. The molecule has 0 radical (unpaired) electrons. The lowest BCUT2D eigenvalue weighted by Crippen LogP contribution is -2.32. The Morgan fingerprint density at radius 3 is 2.85 bits per heavy atom. The first-order valence-corrected chi connectivity index (χ1v) is 8.30. The Morgan fingerprint density at radius 2 is 1.92 bits per heavy atom. The number of amides is 3. The van der Waals surface area contributed by atoms with E-state index in [9.17, 15) is 9.59 Å². The van der Waals surface area contributed by atoms with Crippen molar-refractivity contribution in [2.24, 2.45) is 0 Å². The minimum Gasteiger partial charge on any atom is -0.454 e. The van der Waals surface area contributed by atoms with Gasteiger partial charge in [-0.15, -0.1) is 0 Å². The van der Waals surface area contributed by atoms with E-state index in [0.717, 1.165) is 21.4 Å². The van der Waals surface area contributed by atoms with Gasteiger partial charge in [-0.05, 0) is 23.8 Å². The van der Waals surface area contributed by atoms with Crippen LogP contribution in [0.4, 0.5) is 10.5 Å². The highest BCUT2D eigenvalue weighted by Crippen LogP contribution is 2.36. The molecule has 2 aliphatic heterocycles. The van der Waals surface area contributed by atoms with E-state index in [1.165, 1.54) is 0 Å². The van der Waals surface area contributed by atoms with Gasteiger partial charge >= 0.3 is 6.03 Å². The maximum absolute atomic E-state index is 12.8. The molecule has 1 unspecified atom stereocenters. The first-order valence-electron chi connectivity index (χ1n) is 8.30. The summed E-state index contributed by atoms with van der Waals surface area (Å²) in [6, 6.07) is 11.9. The molecule has 1 atom stereocenters. The molecular weight excluding hydrogens is 334 g/mol. The molecule has 2 aliphatic rings. The van der Waals surface area contributed by atoms with Crippen molar-refractivity contribution < 1.29 is 19.1 Å². The van der Waals surface area contributed by atoms with Crippen LogP contribution < -0.4 is 19.7 Å². The van der Waals surface area contributed by atoms with E-state index >= 15 is 0 Å². The molecule has 7 heteroatoms. The fourth-order valence-electron chi connectivity index (χ4n) is 3.46. The summed E-state index contributed by atoms with van der Waals surface area (Å²) >= 11 is 0. The molecule has 26 heavy (non-hydrogen) atoms. The summed E-state index contributed by atoms with van der Waals surface area (Å²) in [5.41, 5.74) is 2.47. The third-order valence-corrected chi connectivity index (χ3v) is 4.73. The third-order valence-electron chi connectivity index (χ3n) is 4.73. The van der Waals surface area contributed by atoms with Crippen LogP contribution in [0, 0.1) is 0 Å². The molecule has 3 heterocycles. The van der Waals surface area contributed by atoms with E-state index in [1.807, 2.05) is 30.5 Å². The number of benzene rings is 2. The standard InChI is InChI=1S/C19H15N3O4/c23-18-15(7-11-9-20-14-4-2-1-3-13(11)14)21-19(24)22(18)12-5-6-16-17(8-12)26-10-25-16/h1-6,8-9,15,20H,7,10H2,(H,21,24). The predicted octanol–water partition coefficient (Wildman–Crippen LogP) is 2.56. The minimum absolute atomic E-state index is 0.141. The van der Waals surface area contributed by atoms with Crippen LogP contribution in [0.25, 0.3) is 10.9 Å². The Balaban J connectivity index is 1.42. The van der Waals surface area contributed by atoms with Crippen molar-refractivity contribution in [2.75, 3.05) is 11.7 Å². The first kappa shape index (κ1) is 14.8. The normalized spacial score (nSPS) is 18.6. The number of aromatic amines is 1. The van der Waals surface area contributed by atoms with Crippen molar-refractivity contribution in [1.82, 2.24) is 10.3 Å². The van der Waals surface area contributed by atoms with Gasteiger partial charge in [0.15, 0.2) is 11.5 Å². The Labute approximate surface area is 148 Å². The SMILES string of the molecule is O=C1NC(Cc2c[nH]c3ccccc23)C(=O)N1c1ccc2c(c1)OCO2. The maximum Gasteiger partial charge on any atom is 0.329 e. The van der Waals surface area contributed by atoms with E-state index in [4.69, 9.17) is 9.47 Å². The molecule has 0 spiro atoms. The van der Waals surface area contributed by atoms with E-state index < -0.39 is 12.1 Å². The average molecular weight is 349 g/mol. The second-order valence-corrected chi connectivity index (χ2v) is 6.28. The molecule has 130 valence electrons. The number of ether oxygens (including phenoxy) is 2. The summed E-state index contributed by atoms with van der Waals surface area (Å²) in [5.74, 6) is 0.860. The molecule has 3 aromatic rings. The number of aromatic nitrogens is 1. The van der Waals surface area contributed by atoms with Crippen molar-refractivity contribution in [1.29, 1.82) is 0 Å². The predicted molar refractivity (Wildman–Crippen MR) is 94.4 cm³/mol. The number of anilines is 1. The number of hydrogen-bond donors (Lipinski definition) is 2. The largest absolute Gasteiger partial charge is 0.454 e. The van der Waals surface area contributed by atoms with Gasteiger partial charge < -0.3 is 19.8 Å². The lowest BCUT2D eigenvalue weighted by molar-refractivity contribution is -0.118. The number of hydrogen-bond acceptors (Lipinski definition) is 4. The Kier molecular flexibility index (Phi) is 3.15. The second kappa shape index (κ2) is 5.52. The molecule has 1 fully saturated rings. The van der Waals surface area contributed by atoms with Crippen LogP contribution in [-0.4, -0.2) is 29.8 Å². The zero-order chi connectivity index (χ0) is 17.7. The lowest BCUT2D eigenvalue weighted by Gasteiger charge is -2.13. The Bertz CT molecular complexity index is 1040. The fraction of sp³-hybridized carbons (Fsp3) is 0.158. The van der Waals surface area contributed by atoms with Gasteiger partial charge in [0.1, 0.15) is 6.04 Å². The van der Waals surface area contributed by atoms with E-state index in [0.29, 0.717) is 23.6 Å². The maximum atomic E-state index is 12.8. The van der Waals surface area contributed by atoms with Gasteiger partial charge in [0.2, 0.25) is 6.79 Å². The smallest absolute Gasteiger partial charge is 0.329 e. The summed E-state index contributed by atoms with van der Waals surface area (Å²) < 4.78 is 10.6. The molecule has 0 saturated carbocycles. The van der Waals surface area contributed by atoms with Gasteiger partial charge in [-0.25, -0.2) is 9.69 Å². The van der Waals surface area contributed by atoms with Gasteiger partial charge in [-0.3, -0.25) is 4.79 Å². The molecule has 1 saturated heterocycles. The number of rotatable bonds is 3. The monoisotopic (exact) mass is 349 g/mol. The summed E-state index contributed by atoms with van der Waals surface area (Å²) in [4.78, 5) is 29.6. The minimum atomic E-state index is -0.605. The number of urea groups is 1. The lowest BCUT2D eigenvalue weighted by atomic mass is 10.0. The average Bonchev–Trinajstić information content (AvgIpc) is 3.34. The number of para-hydroxylation sites is 1. The van der Waals surface area contributed by atoms with E-state index in [2.05, 4.69) is 10.3 Å². The highest BCUT2D eigenvalue weighted by atomic mass is 16.7. The molecule has 3 amide bonds. The Hall–Kier alpha value is -3.48. The molecule has 7 nitrogen and oxygen atoms in total. The van der Waals surface area contributed by atoms with Crippen LogP contribution in [0.3, 0.4) is 0 Å². The first-order chi connectivity index (χ1) is 12.7. The summed E-state index contributed by atoms with van der Waals surface area (Å²) in [5, 5.41) is 3.83. The van der Waals surface area contributed by atoms with Crippen LogP contribution in [-0.2, 0) is 11.2 Å². The van der Waals surface area contributed by atoms with Crippen LogP contribution in [0.5, 0.6) is 11.5 Å². The van der Waals surface area contributed by atoms with Crippen molar-refractivity contribution >= 4 is 28.5 Å². The number of imide groups is 1. The number of nitrogens with zero attached hydrogens (tertiary/aromatic N) is 1. The number of carbonyl (C=O) groups excluding carboxylic acids is 2. The van der Waals surface area contributed by atoms with Crippen molar-refractivity contribution in [3.63, 3.8) is 0 Å². The molecule has 2 N–H and O–H groups in total. The number of fused-ring (bicyclic) bond motifs is 2. The summed E-state index contributed by atoms with van der Waals surface area (Å²) in [6.45, 7) is 0.141. The van der Waals surface area contributed by atoms with Gasteiger partial charge in [-0.2, -0.15) is 0 Å². The van der Waals surface area contributed by atoms with Crippen molar-refractivity contribution in [2.45, 2.75) is 12.5 Å². The number of nitrogens with one attached hydrogen (secondary N) is 2. The van der Waals surface area contributed by atoms with Gasteiger partial charge in [0.25, 0.3) is 5.91 Å². The highest BCUT2D eigenvalue weighted by molar-refractivity contribution is 6.21. The van der Waals surface area contributed by atoms with Gasteiger partial charge in [-0.1, -0.05) is 18.2 Å². The summed E-state index contributed by atoms with van der Waals surface area (Å²) in [7, 11) is 0. The topological polar surface area (TPSA) is 83.7 Å². The van der Waals surface area contributed by atoms with Crippen LogP contribution in [0.15, 0.2) is 48.7 Å². The zero-order valence-electron chi connectivity index (χ0n) is 13.7. The molecule has 0 bridgehead atoms. The Morgan fingerprint density at radius 1 is 1.08 bits per heavy atom. The molecule has 1 aromatic heterocycles. The van der Waals surface area contributed by atoms with Crippen LogP contribution >= 0.6 is 0 Å². The molecular formula is C19H15N3O4. The van der Waals surface area contributed by atoms with E-state index in [1.54, 1.807) is 18.2 Å². The fourth-order valence-corrected chi connectivity index (χ4v) is 3.46. The highest BCUT2D eigenvalue weighted by Gasteiger charge is 2.39. The quantitative estimate of drug-likeness (QED) is 0.712. The van der Waals surface area contributed by atoms with Gasteiger partial charge in [0, 0.05) is 29.6 Å². The van der Waals surface area contributed by atoms with Crippen LogP contribution in [0.1, 0.15) is 5.56 Å². The number of H-pyrrole nitrogens is 1. The van der Waals surface area contributed by atoms with Crippen molar-refractivity contribution in [3.05, 3.63) is 54.2 Å². The summed E-state index contributed by atoms with van der Waals surface area (Å²) in [6.07, 6.45) is 2.31. The second-order valence-electron chi connectivity index (χ2n) is 6.28. The van der Waals surface area contributed by atoms with Crippen molar-refractivity contribution in [3.8, 4) is 11.5 Å². The molecule has 2 aromatic carbocycles. The number of carbonyl (C=O) groups is 2. The third kappa shape index (κ3) is 2.21. The van der Waals surface area contributed by atoms with Crippen LogP contribution in [0.2, 0.25) is 0 Å². The molecule has 0 aliphatic carbocycles. The molecule has 5 rings (SSSR count). The van der Waals surface area contributed by atoms with Gasteiger partial charge in [0.05, 0.1) is 5.69 Å². The van der Waals surface area contributed by atoms with E-state index in [-0.39, 0.29) is 12.7 Å².